The fraction of sp³-hybridized carbons (Fsp3) is 0.345. The van der Waals surface area contributed by atoms with E-state index in [1.54, 1.807) is 45.3 Å². The van der Waals surface area contributed by atoms with Crippen LogP contribution in [0.4, 0.5) is 0 Å². The van der Waals surface area contributed by atoms with Crippen molar-refractivity contribution < 1.29 is 0 Å². The second-order valence-electron chi connectivity index (χ2n) is 13.3. The van der Waals surface area contributed by atoms with Crippen molar-refractivity contribution in [2.24, 2.45) is 0 Å². The van der Waals surface area contributed by atoms with Crippen LogP contribution in [0.25, 0.3) is 56.4 Å². The monoisotopic (exact) mass is 1500 g/mol. The molecule has 18 heteroatoms. The molecular formula is C55H68Br4Cl2S12. The first-order chi connectivity index (χ1) is 35.0. The van der Waals surface area contributed by atoms with Gasteiger partial charge in [0.2, 0.25) is 0 Å². The molecule has 402 valence electrons. The van der Waals surface area contributed by atoms with Gasteiger partial charge in [0.25, 0.3) is 0 Å². The van der Waals surface area contributed by atoms with Crippen LogP contribution < -0.4 is 0 Å². The Morgan fingerprint density at radius 2 is 0.863 bits per heavy atom. The normalized spacial score (nSPS) is 9.71. The molecule has 0 nitrogen and oxygen atoms in total. The Morgan fingerprint density at radius 3 is 1.42 bits per heavy atom. The second-order valence-corrected chi connectivity index (χ2v) is 34.2. The molecule has 0 spiro atoms. The summed E-state index contributed by atoms with van der Waals surface area (Å²) in [4.78, 5) is 4.17. The van der Waals surface area contributed by atoms with Crippen LogP contribution in [-0.4, -0.2) is 0 Å². The topological polar surface area (TPSA) is 0 Å². The van der Waals surface area contributed by atoms with Crippen molar-refractivity contribution in [3.63, 3.8) is 0 Å². The number of halogens is 6. The quantitative estimate of drug-likeness (QED) is 0.142. The van der Waals surface area contributed by atoms with Gasteiger partial charge in [-0.2, -0.15) is 0 Å². The number of thiophene rings is 12. The lowest BCUT2D eigenvalue weighted by atomic mass is 10.2. The predicted octanol–water partition coefficient (Wildman–Crippen LogP) is 30.4. The maximum absolute atomic E-state index is 5.97. The van der Waals surface area contributed by atoms with Crippen LogP contribution >= 0.6 is 223 Å². The van der Waals surface area contributed by atoms with Crippen LogP contribution in [0, 0.1) is 48.5 Å². The van der Waals surface area contributed by atoms with Gasteiger partial charge in [0.1, 0.15) is 0 Å². The molecule has 12 rings (SSSR count). The van der Waals surface area contributed by atoms with Gasteiger partial charge in [-0.1, -0.05) is 106 Å². The Balaban J connectivity index is 0.000000420. The summed E-state index contributed by atoms with van der Waals surface area (Å²) in [7, 11) is 0. The molecule has 0 saturated heterocycles. The van der Waals surface area contributed by atoms with Gasteiger partial charge < -0.3 is 0 Å². The van der Waals surface area contributed by atoms with Gasteiger partial charge in [0.05, 0.1) is 47.9 Å². The zero-order chi connectivity index (χ0) is 55.7. The molecule has 0 bridgehead atoms. The first-order valence-electron chi connectivity index (χ1n) is 23.9. The lowest BCUT2D eigenvalue weighted by Gasteiger charge is -1.84. The molecule has 12 aromatic heterocycles. The van der Waals surface area contributed by atoms with E-state index in [-0.39, 0.29) is 0 Å². The number of rotatable bonds is 0. The molecule has 0 aliphatic carbocycles. The highest BCUT2D eigenvalue weighted by Crippen LogP contribution is 2.42. The van der Waals surface area contributed by atoms with Crippen molar-refractivity contribution in [1.82, 2.24) is 0 Å². The summed E-state index contributed by atoms with van der Waals surface area (Å²) in [5.74, 6) is 0. The third-order valence-corrected chi connectivity index (χ3v) is 25.9. The number of hydrogen-bond acceptors (Lipinski definition) is 12. The van der Waals surface area contributed by atoms with E-state index in [0.717, 1.165) is 8.67 Å². The van der Waals surface area contributed by atoms with Gasteiger partial charge in [0.15, 0.2) is 0 Å². The van der Waals surface area contributed by atoms with Crippen LogP contribution in [0.15, 0.2) is 79.8 Å². The molecule has 0 amide bonds. The first kappa shape index (κ1) is 71.5. The van der Waals surface area contributed by atoms with Gasteiger partial charge in [-0.3, -0.25) is 0 Å². The van der Waals surface area contributed by atoms with E-state index >= 15 is 0 Å². The van der Waals surface area contributed by atoms with E-state index in [4.69, 9.17) is 23.2 Å². The van der Waals surface area contributed by atoms with Crippen molar-refractivity contribution in [2.75, 3.05) is 0 Å². The predicted molar refractivity (Wildman–Crippen MR) is 380 cm³/mol. The minimum atomic E-state index is 0.898. The maximum Gasteiger partial charge on any atom is 0.0978 e. The smallest absolute Gasteiger partial charge is 0.0978 e. The lowest BCUT2D eigenvalue weighted by molar-refractivity contribution is 1.47. The van der Waals surface area contributed by atoms with E-state index in [0.29, 0.717) is 0 Å². The summed E-state index contributed by atoms with van der Waals surface area (Å²) >= 11 is 47.2. The lowest BCUT2D eigenvalue weighted by Crippen LogP contribution is -1.65. The second kappa shape index (κ2) is 38.2. The molecule has 0 aliphatic rings. The Labute approximate surface area is 529 Å². The van der Waals surface area contributed by atoms with Gasteiger partial charge in [0, 0.05) is 46.9 Å². The van der Waals surface area contributed by atoms with E-state index < -0.39 is 0 Å². The summed E-state index contributed by atoms with van der Waals surface area (Å²) in [6, 6.07) is 17.3. The van der Waals surface area contributed by atoms with E-state index in [1.165, 1.54) is 108 Å². The van der Waals surface area contributed by atoms with Gasteiger partial charge in [-0.15, -0.1) is 136 Å². The van der Waals surface area contributed by atoms with Crippen LogP contribution in [0.2, 0.25) is 8.67 Å². The SMILES string of the molecule is Brc1cc2ccsc2s1.CC.CC.CC.CC.CC.CC.Cc1c(Br)sc2sccc12.Cc1cc2c(C)c(Cl)sc2s1.Cc1cc2cc(Br)sc2s1.Cc1csc2sc(Br)cc12.Cc1sc2sc(Cl)cc2c1C. The maximum atomic E-state index is 5.97. The molecule has 0 unspecified atom stereocenters. The average molecular weight is 1500 g/mol. The van der Waals surface area contributed by atoms with Crippen LogP contribution in [-0.2, 0) is 0 Å². The summed E-state index contributed by atoms with van der Waals surface area (Å²) < 4.78 is 15.2. The third kappa shape index (κ3) is 21.5. The molecule has 0 N–H and O–H groups in total. The summed E-state index contributed by atoms with van der Waals surface area (Å²) in [6.45, 7) is 39.0. The Morgan fingerprint density at radius 1 is 0.370 bits per heavy atom. The molecule has 0 fully saturated rings. The molecule has 12 aromatic rings. The van der Waals surface area contributed by atoms with E-state index in [2.05, 4.69) is 177 Å². The summed E-state index contributed by atoms with van der Waals surface area (Å²) in [6.07, 6.45) is 0. The number of fused-ring (bicyclic) bond motifs is 6. The van der Waals surface area contributed by atoms with Crippen molar-refractivity contribution in [3.8, 4) is 0 Å². The van der Waals surface area contributed by atoms with Crippen molar-refractivity contribution in [3.05, 3.63) is 125 Å². The van der Waals surface area contributed by atoms with Crippen LogP contribution in [0.1, 0.15) is 120 Å². The third-order valence-electron chi connectivity index (χ3n) is 8.92. The molecule has 73 heavy (non-hydrogen) atoms. The average Bonchev–Trinajstić information content (AvgIpc) is 4.25. The van der Waals surface area contributed by atoms with Crippen LogP contribution in [0.5, 0.6) is 0 Å². The van der Waals surface area contributed by atoms with Gasteiger partial charge in [-0.25, -0.2) is 0 Å². The standard InChI is InChI=1S/2C8H7ClS2.3C7H5BrS2.C6H3BrS2.6C2H6/c1-4-5(2)10-8-6(4)3-7(9)11-8;1-4-3-6-5(2)7(9)11-8(6)10-4;1-4-3-9-7-5(4)2-6(8)10-7;1-4-2-5-3-6(8)10-7(5)9-4;1-4-5-2-3-9-7(5)10-6(4)8;7-5-3-4-1-2-8-6(4)9-5;6*1-2/h2*3H,1-2H3;3*2-3H,1H3;1-3H;6*1-2H3. The Hall–Kier alpha value is 0.460. The van der Waals surface area contributed by atoms with Crippen molar-refractivity contribution >= 4 is 279 Å². The minimum absolute atomic E-state index is 0.898. The number of hydrogen-bond donors (Lipinski definition) is 0. The minimum Gasteiger partial charge on any atom is -0.133 e. The number of aryl methyl sites for hydroxylation is 7. The molecule has 0 saturated carbocycles. The zero-order valence-corrected chi connectivity index (χ0v) is 62.7. The highest BCUT2D eigenvalue weighted by atomic mass is 79.9. The zero-order valence-electron chi connectivity index (χ0n) is 45.0. The Kier molecular flexibility index (Phi) is 37.4. The van der Waals surface area contributed by atoms with Crippen molar-refractivity contribution in [1.29, 1.82) is 0 Å². The first-order valence-corrected chi connectivity index (χ1v) is 37.8. The van der Waals surface area contributed by atoms with E-state index in [1.807, 2.05) is 174 Å². The highest BCUT2D eigenvalue weighted by molar-refractivity contribution is 9.11. The molecule has 0 atom stereocenters. The van der Waals surface area contributed by atoms with Crippen LogP contribution in [0.3, 0.4) is 0 Å². The van der Waals surface area contributed by atoms with E-state index in [9.17, 15) is 0 Å². The van der Waals surface area contributed by atoms with Gasteiger partial charge >= 0.3 is 0 Å². The largest absolute Gasteiger partial charge is 0.133 e. The van der Waals surface area contributed by atoms with Crippen molar-refractivity contribution in [2.45, 2.75) is 132 Å². The molecule has 12 heterocycles. The molecule has 0 radical (unpaired) electrons. The highest BCUT2D eigenvalue weighted by Gasteiger charge is 2.10. The van der Waals surface area contributed by atoms with Gasteiger partial charge in [-0.05, 0) is 199 Å². The summed E-state index contributed by atoms with van der Waals surface area (Å²) in [5.41, 5.74) is 5.38. The molecular weight excluding hydrogens is 1440 g/mol. The molecule has 0 aromatic carbocycles. The Bertz CT molecular complexity index is 3170. The summed E-state index contributed by atoms with van der Waals surface area (Å²) in [5, 5.41) is 14.7. The fourth-order valence-corrected chi connectivity index (χ4v) is 23.6. The fourth-order valence-electron chi connectivity index (χ4n) is 5.68. The molecule has 0 aliphatic heterocycles.